The smallest absolute Gasteiger partial charge is 0.153 e. The van der Waals surface area contributed by atoms with E-state index in [9.17, 15) is 4.79 Å². The van der Waals surface area contributed by atoms with E-state index in [0.717, 1.165) is 25.7 Å². The molecule has 1 unspecified atom stereocenters. The van der Waals surface area contributed by atoms with Crippen LogP contribution in [0.5, 0.6) is 0 Å². The number of carbonyl (C=O) groups is 1. The summed E-state index contributed by atoms with van der Waals surface area (Å²) in [7, 11) is 0. The summed E-state index contributed by atoms with van der Waals surface area (Å²) in [5, 5.41) is 9.12. The average molecular weight is 207 g/mol. The van der Waals surface area contributed by atoms with Crippen LogP contribution in [-0.2, 0) is 4.79 Å². The number of hydrogen-bond donors (Lipinski definition) is 0. The number of Topliss-reactive ketones (excluding diaryl/α,β-unsaturated/α-hetero) is 1. The van der Waals surface area contributed by atoms with Crippen molar-refractivity contribution in [2.45, 2.75) is 64.7 Å². The average Bonchev–Trinajstić information content (AvgIpc) is 2.61. The third-order valence-corrected chi connectivity index (χ3v) is 3.46. The van der Waals surface area contributed by atoms with Crippen LogP contribution in [0.15, 0.2) is 0 Å². The summed E-state index contributed by atoms with van der Waals surface area (Å²) in [5.41, 5.74) is -0.591. The summed E-state index contributed by atoms with van der Waals surface area (Å²) in [4.78, 5) is 11.6. The summed E-state index contributed by atoms with van der Waals surface area (Å²) in [6, 6.07) is 2.27. The zero-order valence-electron chi connectivity index (χ0n) is 9.72. The Morgan fingerprint density at radius 3 is 2.60 bits per heavy atom. The van der Waals surface area contributed by atoms with Gasteiger partial charge < -0.3 is 0 Å². The Labute approximate surface area is 92.7 Å². The fourth-order valence-electron chi connectivity index (χ4n) is 2.40. The largest absolute Gasteiger partial charge is 0.298 e. The maximum atomic E-state index is 11.6. The van der Waals surface area contributed by atoms with Gasteiger partial charge in [0.15, 0.2) is 5.78 Å². The number of hydrogen-bond acceptors (Lipinski definition) is 2. The molecule has 1 aliphatic carbocycles. The Hall–Kier alpha value is -0.840. The van der Waals surface area contributed by atoms with E-state index in [-0.39, 0.29) is 5.78 Å². The molecule has 0 bridgehead atoms. The quantitative estimate of drug-likeness (QED) is 0.624. The molecule has 84 valence electrons. The molecule has 0 aromatic carbocycles. The third-order valence-electron chi connectivity index (χ3n) is 3.46. The Bertz CT molecular complexity index is 254. The second-order valence-electron chi connectivity index (χ2n) is 4.63. The van der Waals surface area contributed by atoms with Crippen molar-refractivity contribution in [1.29, 1.82) is 5.26 Å². The molecule has 1 aliphatic rings. The van der Waals surface area contributed by atoms with Gasteiger partial charge in [0.1, 0.15) is 5.41 Å². The van der Waals surface area contributed by atoms with Gasteiger partial charge in [-0.1, -0.05) is 39.0 Å². The van der Waals surface area contributed by atoms with E-state index in [0.29, 0.717) is 6.42 Å². The highest BCUT2D eigenvalue weighted by Crippen LogP contribution is 2.38. The Morgan fingerprint density at radius 1 is 1.33 bits per heavy atom. The Morgan fingerprint density at radius 2 is 2.07 bits per heavy atom. The molecule has 0 aromatic rings. The first-order valence-corrected chi connectivity index (χ1v) is 6.20. The number of nitrogens with zero attached hydrogens (tertiary/aromatic N) is 1. The van der Waals surface area contributed by atoms with Gasteiger partial charge in [0.25, 0.3) is 0 Å². The lowest BCUT2D eigenvalue weighted by Gasteiger charge is -2.17. The SMILES string of the molecule is CCCCCCCC1(C#N)CCCC1=O. The monoisotopic (exact) mass is 207 g/mol. The van der Waals surface area contributed by atoms with E-state index in [4.69, 9.17) is 5.26 Å². The summed E-state index contributed by atoms with van der Waals surface area (Å²) >= 11 is 0. The first-order chi connectivity index (χ1) is 7.25. The predicted molar refractivity (Wildman–Crippen MR) is 60.3 cm³/mol. The van der Waals surface area contributed by atoms with Crippen molar-refractivity contribution in [3.63, 3.8) is 0 Å². The molecule has 1 fully saturated rings. The maximum absolute atomic E-state index is 11.6. The Kier molecular flexibility index (Phi) is 4.81. The van der Waals surface area contributed by atoms with Crippen molar-refractivity contribution >= 4 is 5.78 Å². The zero-order valence-corrected chi connectivity index (χ0v) is 9.72. The van der Waals surface area contributed by atoms with Crippen LogP contribution in [0.1, 0.15) is 64.7 Å². The van der Waals surface area contributed by atoms with Gasteiger partial charge in [0, 0.05) is 6.42 Å². The van der Waals surface area contributed by atoms with Crippen LogP contribution in [0, 0.1) is 16.7 Å². The maximum Gasteiger partial charge on any atom is 0.153 e. The van der Waals surface area contributed by atoms with E-state index in [2.05, 4.69) is 13.0 Å². The fourth-order valence-corrected chi connectivity index (χ4v) is 2.40. The zero-order chi connectivity index (χ0) is 11.1. The minimum atomic E-state index is -0.591. The molecule has 0 aromatic heterocycles. The van der Waals surface area contributed by atoms with Gasteiger partial charge >= 0.3 is 0 Å². The summed E-state index contributed by atoms with van der Waals surface area (Å²) in [6.07, 6.45) is 9.11. The highest BCUT2D eigenvalue weighted by molar-refractivity contribution is 5.89. The highest BCUT2D eigenvalue weighted by atomic mass is 16.1. The van der Waals surface area contributed by atoms with Crippen LogP contribution in [0.3, 0.4) is 0 Å². The number of carbonyl (C=O) groups excluding carboxylic acids is 1. The molecule has 0 saturated heterocycles. The predicted octanol–water partition coefficient (Wildman–Crippen LogP) is 3.61. The van der Waals surface area contributed by atoms with Gasteiger partial charge in [-0.25, -0.2) is 0 Å². The minimum Gasteiger partial charge on any atom is -0.298 e. The molecule has 0 aliphatic heterocycles. The fraction of sp³-hybridized carbons (Fsp3) is 0.846. The van der Waals surface area contributed by atoms with Crippen molar-refractivity contribution in [2.24, 2.45) is 5.41 Å². The van der Waals surface area contributed by atoms with Gasteiger partial charge in [-0.05, 0) is 19.3 Å². The number of nitriles is 1. The number of unbranched alkanes of at least 4 members (excludes halogenated alkanes) is 4. The molecule has 0 spiro atoms. The lowest BCUT2D eigenvalue weighted by Crippen LogP contribution is -2.23. The van der Waals surface area contributed by atoms with Crippen LogP contribution in [0.25, 0.3) is 0 Å². The topological polar surface area (TPSA) is 40.9 Å². The third kappa shape index (κ3) is 3.06. The van der Waals surface area contributed by atoms with Crippen LogP contribution in [-0.4, -0.2) is 5.78 Å². The lowest BCUT2D eigenvalue weighted by molar-refractivity contribution is -0.123. The summed E-state index contributed by atoms with van der Waals surface area (Å²) in [5.74, 6) is 0.195. The minimum absolute atomic E-state index is 0.195. The first-order valence-electron chi connectivity index (χ1n) is 6.20. The molecular formula is C13H21NO. The molecule has 2 nitrogen and oxygen atoms in total. The van der Waals surface area contributed by atoms with Crippen LogP contribution >= 0.6 is 0 Å². The number of rotatable bonds is 6. The highest BCUT2D eigenvalue weighted by Gasteiger charge is 2.41. The van der Waals surface area contributed by atoms with Crippen molar-refractivity contribution in [3.8, 4) is 6.07 Å². The molecular weight excluding hydrogens is 186 g/mol. The lowest BCUT2D eigenvalue weighted by atomic mass is 9.81. The van der Waals surface area contributed by atoms with Crippen LogP contribution < -0.4 is 0 Å². The molecule has 0 amide bonds. The normalized spacial score (nSPS) is 25.5. The van der Waals surface area contributed by atoms with E-state index in [1.807, 2.05) is 0 Å². The second kappa shape index (κ2) is 5.90. The summed E-state index contributed by atoms with van der Waals surface area (Å²) < 4.78 is 0. The van der Waals surface area contributed by atoms with Crippen molar-refractivity contribution in [2.75, 3.05) is 0 Å². The molecule has 1 saturated carbocycles. The standard InChI is InChI=1S/C13H21NO/c1-2-3-4-5-6-9-13(11-14)10-7-8-12(13)15/h2-10H2,1H3. The van der Waals surface area contributed by atoms with Gasteiger partial charge in [-0.2, -0.15) is 5.26 Å². The molecule has 2 heteroatoms. The van der Waals surface area contributed by atoms with E-state index in [1.54, 1.807) is 0 Å². The van der Waals surface area contributed by atoms with Crippen LogP contribution in [0.2, 0.25) is 0 Å². The molecule has 1 rings (SSSR count). The van der Waals surface area contributed by atoms with Crippen LogP contribution in [0.4, 0.5) is 0 Å². The number of ketones is 1. The van der Waals surface area contributed by atoms with Gasteiger partial charge in [0.05, 0.1) is 6.07 Å². The van der Waals surface area contributed by atoms with Gasteiger partial charge in [0.2, 0.25) is 0 Å². The van der Waals surface area contributed by atoms with E-state index >= 15 is 0 Å². The van der Waals surface area contributed by atoms with Crippen molar-refractivity contribution < 1.29 is 4.79 Å². The van der Waals surface area contributed by atoms with Gasteiger partial charge in [-0.15, -0.1) is 0 Å². The molecule has 0 radical (unpaired) electrons. The first kappa shape index (κ1) is 12.2. The van der Waals surface area contributed by atoms with E-state index in [1.165, 1.54) is 25.7 Å². The van der Waals surface area contributed by atoms with Gasteiger partial charge in [-0.3, -0.25) is 4.79 Å². The molecule has 15 heavy (non-hydrogen) atoms. The molecule has 1 atom stereocenters. The summed E-state index contributed by atoms with van der Waals surface area (Å²) in [6.45, 7) is 2.19. The van der Waals surface area contributed by atoms with E-state index < -0.39 is 5.41 Å². The molecule has 0 heterocycles. The van der Waals surface area contributed by atoms with Crippen molar-refractivity contribution in [3.05, 3.63) is 0 Å². The Balaban J connectivity index is 2.29. The second-order valence-corrected chi connectivity index (χ2v) is 4.63. The molecule has 0 N–H and O–H groups in total. The van der Waals surface area contributed by atoms with Crippen molar-refractivity contribution in [1.82, 2.24) is 0 Å².